The number of rotatable bonds is 4. The Bertz CT molecular complexity index is 915. The molecule has 0 spiro atoms. The number of piperidine rings is 1. The molecule has 1 saturated carbocycles. The number of carbonyl (C=O) groups excluding carboxylic acids is 3. The maximum atomic E-state index is 12.6. The molecular formula is C15H22F3N5O9S. The van der Waals surface area contributed by atoms with E-state index < -0.39 is 58.4 Å². The van der Waals surface area contributed by atoms with Crippen LogP contribution in [0.4, 0.5) is 18.0 Å². The number of nitrogens with two attached hydrogens (primary N) is 2. The molecule has 0 unspecified atom stereocenters. The standard InChI is InChI=1S/C13H21N5O7S.C2HF3O2/c14-9-3-1-2-8(9)11(19)17(15)12(20)10-5-4-7-6-16(10)13(21)18(7)25-26(22,23)24;3-2(4,5)1(6)7/h7-10H,1-6,14-15H2,(H,22,23,24);(H,6,7)/t7-,8-,9-,10+;/m1./s1. The third-order valence-corrected chi connectivity index (χ3v) is 5.74. The van der Waals surface area contributed by atoms with Crippen molar-refractivity contribution in [3.63, 3.8) is 0 Å². The Labute approximate surface area is 185 Å². The van der Waals surface area contributed by atoms with Crippen LogP contribution in [0, 0.1) is 5.92 Å². The molecule has 2 bridgehead atoms. The fourth-order valence-electron chi connectivity index (χ4n) is 3.83. The Kier molecular flexibility index (Phi) is 7.90. The van der Waals surface area contributed by atoms with Crippen LogP contribution in [0.1, 0.15) is 32.1 Å². The van der Waals surface area contributed by atoms with E-state index in [0.29, 0.717) is 22.9 Å². The first-order chi connectivity index (χ1) is 15.0. The highest BCUT2D eigenvalue weighted by molar-refractivity contribution is 7.80. The van der Waals surface area contributed by atoms with E-state index in [0.717, 1.165) is 11.3 Å². The van der Waals surface area contributed by atoms with Gasteiger partial charge in [0.25, 0.3) is 5.91 Å². The molecule has 0 aromatic carbocycles. The van der Waals surface area contributed by atoms with E-state index in [4.69, 9.17) is 26.0 Å². The van der Waals surface area contributed by atoms with Crippen LogP contribution in [0.15, 0.2) is 0 Å². The number of fused-ring (bicyclic) bond motifs is 2. The van der Waals surface area contributed by atoms with Crippen LogP contribution in [0.25, 0.3) is 0 Å². The van der Waals surface area contributed by atoms with E-state index in [2.05, 4.69) is 4.28 Å². The molecule has 0 aromatic rings. The summed E-state index contributed by atoms with van der Waals surface area (Å²) >= 11 is 0. The maximum Gasteiger partial charge on any atom is 0.490 e. The van der Waals surface area contributed by atoms with Crippen molar-refractivity contribution in [3.8, 4) is 0 Å². The topological polar surface area (TPSA) is 214 Å². The van der Waals surface area contributed by atoms with E-state index in [9.17, 15) is 36.0 Å². The molecule has 3 rings (SSSR count). The maximum absolute atomic E-state index is 12.6. The molecule has 2 aliphatic heterocycles. The first-order valence-corrected chi connectivity index (χ1v) is 10.9. The van der Waals surface area contributed by atoms with Crippen LogP contribution < -0.4 is 11.6 Å². The monoisotopic (exact) mass is 505 g/mol. The number of urea groups is 1. The molecule has 3 aliphatic rings. The van der Waals surface area contributed by atoms with Gasteiger partial charge in [-0.15, -0.1) is 4.28 Å². The highest BCUT2D eigenvalue weighted by Crippen LogP contribution is 2.32. The second-order valence-electron chi connectivity index (χ2n) is 7.56. The number of hydrogen-bond acceptors (Lipinski definition) is 9. The highest BCUT2D eigenvalue weighted by Gasteiger charge is 2.51. The van der Waals surface area contributed by atoms with Crippen molar-refractivity contribution in [3.05, 3.63) is 0 Å². The minimum atomic E-state index is -5.08. The molecule has 18 heteroatoms. The zero-order valence-corrected chi connectivity index (χ0v) is 17.7. The lowest BCUT2D eigenvalue weighted by atomic mass is 9.99. The molecule has 6 N–H and O–H groups in total. The molecule has 4 amide bonds. The molecule has 0 aromatic heterocycles. The molecule has 33 heavy (non-hydrogen) atoms. The van der Waals surface area contributed by atoms with Gasteiger partial charge in [-0.25, -0.2) is 20.4 Å². The van der Waals surface area contributed by atoms with Crippen molar-refractivity contribution in [1.82, 2.24) is 15.0 Å². The first kappa shape index (κ1) is 26.7. The molecule has 3 fully saturated rings. The summed E-state index contributed by atoms with van der Waals surface area (Å²) in [5.74, 6) is 1.08. The lowest BCUT2D eigenvalue weighted by molar-refractivity contribution is -0.192. The van der Waals surface area contributed by atoms with E-state index in [1.807, 2.05) is 0 Å². The van der Waals surface area contributed by atoms with Crippen molar-refractivity contribution in [1.29, 1.82) is 0 Å². The predicted octanol–water partition coefficient (Wildman–Crippen LogP) is -1.02. The summed E-state index contributed by atoms with van der Waals surface area (Å²) < 4.78 is 66.6. The lowest BCUT2D eigenvalue weighted by Crippen LogP contribution is -2.57. The van der Waals surface area contributed by atoms with E-state index in [-0.39, 0.29) is 25.4 Å². The van der Waals surface area contributed by atoms with Gasteiger partial charge in [0.15, 0.2) is 0 Å². The Hall–Kier alpha value is -2.54. The van der Waals surface area contributed by atoms with Gasteiger partial charge in [0.2, 0.25) is 5.91 Å². The second kappa shape index (κ2) is 9.75. The lowest BCUT2D eigenvalue weighted by Gasteiger charge is -2.32. The van der Waals surface area contributed by atoms with Crippen molar-refractivity contribution >= 4 is 34.2 Å². The number of amides is 4. The summed E-state index contributed by atoms with van der Waals surface area (Å²) in [7, 11) is -4.87. The van der Waals surface area contributed by atoms with Gasteiger partial charge in [-0.05, 0) is 25.7 Å². The van der Waals surface area contributed by atoms with Crippen LogP contribution in [-0.4, -0.2) is 87.7 Å². The number of hydrazine groups is 1. The minimum absolute atomic E-state index is 0.0235. The quantitative estimate of drug-likeness (QED) is 0.119. The van der Waals surface area contributed by atoms with Crippen molar-refractivity contribution in [2.45, 2.75) is 56.4 Å². The molecule has 188 valence electrons. The van der Waals surface area contributed by atoms with Crippen LogP contribution in [-0.2, 0) is 29.1 Å². The van der Waals surface area contributed by atoms with Gasteiger partial charge >= 0.3 is 28.6 Å². The summed E-state index contributed by atoms with van der Waals surface area (Å²) in [5.41, 5.74) is 5.87. The number of hydrogen-bond donors (Lipinski definition) is 4. The number of hydroxylamine groups is 2. The largest absolute Gasteiger partial charge is 0.490 e. The third-order valence-electron chi connectivity index (χ3n) is 5.39. The first-order valence-electron chi connectivity index (χ1n) is 9.49. The Morgan fingerprint density at radius 1 is 1.12 bits per heavy atom. The van der Waals surface area contributed by atoms with Gasteiger partial charge in [0, 0.05) is 12.6 Å². The van der Waals surface area contributed by atoms with Crippen LogP contribution in [0.5, 0.6) is 0 Å². The molecule has 2 heterocycles. The second-order valence-corrected chi connectivity index (χ2v) is 8.57. The fraction of sp³-hybridized carbons (Fsp3) is 0.733. The number of carboxylic acid groups (broad SMARTS) is 1. The zero-order valence-electron chi connectivity index (χ0n) is 16.8. The third kappa shape index (κ3) is 6.28. The normalized spacial score (nSPS) is 27.2. The molecular weight excluding hydrogens is 483 g/mol. The Morgan fingerprint density at radius 3 is 2.15 bits per heavy atom. The Balaban J connectivity index is 0.000000479. The summed E-state index contributed by atoms with van der Waals surface area (Å²) in [6.07, 6.45) is -2.66. The van der Waals surface area contributed by atoms with Crippen LogP contribution >= 0.6 is 0 Å². The SMILES string of the molecule is N[C@@H]1CCC[C@H]1C(=O)N(N)C(=O)[C@@H]1CC[C@@H]2CN1C(=O)N2OS(=O)(=O)O.O=C(O)C(F)(F)F. The van der Waals surface area contributed by atoms with Crippen molar-refractivity contribution in [2.24, 2.45) is 17.5 Å². The van der Waals surface area contributed by atoms with Gasteiger partial charge in [-0.1, -0.05) is 6.42 Å². The number of imide groups is 1. The van der Waals surface area contributed by atoms with E-state index >= 15 is 0 Å². The average Bonchev–Trinajstić information content (AvgIpc) is 3.22. The predicted molar refractivity (Wildman–Crippen MR) is 98.4 cm³/mol. The van der Waals surface area contributed by atoms with Crippen LogP contribution in [0.3, 0.4) is 0 Å². The van der Waals surface area contributed by atoms with Gasteiger partial charge in [0.05, 0.1) is 12.0 Å². The molecule has 14 nitrogen and oxygen atoms in total. The molecule has 4 atom stereocenters. The summed E-state index contributed by atoms with van der Waals surface area (Å²) in [4.78, 5) is 47.4. The molecule has 0 radical (unpaired) electrons. The minimum Gasteiger partial charge on any atom is -0.475 e. The number of alkyl halides is 3. The smallest absolute Gasteiger partial charge is 0.475 e. The number of aliphatic carboxylic acids is 1. The summed E-state index contributed by atoms with van der Waals surface area (Å²) in [5, 5.41) is 8.17. The molecule has 2 saturated heterocycles. The number of carboxylic acids is 1. The number of nitrogens with zero attached hydrogens (tertiary/aromatic N) is 3. The van der Waals surface area contributed by atoms with E-state index in [1.54, 1.807) is 0 Å². The van der Waals surface area contributed by atoms with Crippen molar-refractivity contribution in [2.75, 3.05) is 6.54 Å². The van der Waals surface area contributed by atoms with Gasteiger partial charge in [-0.3, -0.25) is 14.1 Å². The van der Waals surface area contributed by atoms with E-state index in [1.165, 1.54) is 0 Å². The van der Waals surface area contributed by atoms with Gasteiger partial charge in [0.1, 0.15) is 6.04 Å². The van der Waals surface area contributed by atoms with Gasteiger partial charge < -0.3 is 15.7 Å². The fourth-order valence-corrected chi connectivity index (χ4v) is 4.22. The molecule has 1 aliphatic carbocycles. The summed E-state index contributed by atoms with van der Waals surface area (Å²) in [6, 6.07) is -2.88. The highest BCUT2D eigenvalue weighted by atomic mass is 32.3. The summed E-state index contributed by atoms with van der Waals surface area (Å²) in [6.45, 7) is 0.0235. The average molecular weight is 505 g/mol. The van der Waals surface area contributed by atoms with Gasteiger partial charge in [-0.2, -0.15) is 26.7 Å². The van der Waals surface area contributed by atoms with Crippen LogP contribution in [0.2, 0.25) is 0 Å². The van der Waals surface area contributed by atoms with Crippen molar-refractivity contribution < 1.29 is 54.7 Å². The Morgan fingerprint density at radius 2 is 1.70 bits per heavy atom. The number of carbonyl (C=O) groups is 4. The zero-order chi connectivity index (χ0) is 25.3. The number of halogens is 3.